The van der Waals surface area contributed by atoms with Crippen molar-refractivity contribution in [2.24, 2.45) is 4.99 Å². The normalized spacial score (nSPS) is 15.6. The van der Waals surface area contributed by atoms with Crippen LogP contribution in [0.3, 0.4) is 0 Å². The van der Waals surface area contributed by atoms with Crippen LogP contribution < -0.4 is 4.57 Å². The zero-order valence-electron chi connectivity index (χ0n) is 13.9. The van der Waals surface area contributed by atoms with E-state index in [1.807, 2.05) is 17.7 Å². The third-order valence-electron chi connectivity index (χ3n) is 4.28. The Morgan fingerprint density at radius 2 is 1.78 bits per heavy atom. The summed E-state index contributed by atoms with van der Waals surface area (Å²) in [6.45, 7) is 1.83. The van der Waals surface area contributed by atoms with E-state index >= 15 is 0 Å². The number of nitrogens with zero attached hydrogens (tertiary/aromatic N) is 3. The van der Waals surface area contributed by atoms with Crippen LogP contribution >= 0.6 is 43.5 Å². The predicted octanol–water partition coefficient (Wildman–Crippen LogP) is 5.73. The summed E-state index contributed by atoms with van der Waals surface area (Å²) in [7, 11) is 0. The van der Waals surface area contributed by atoms with Gasteiger partial charge in [-0.15, -0.1) is 0 Å². The largest absolute Gasteiger partial charge is 0.327 e. The molecule has 2 aromatic carbocycles. The van der Waals surface area contributed by atoms with Crippen molar-refractivity contribution in [2.75, 3.05) is 0 Å². The van der Waals surface area contributed by atoms with Gasteiger partial charge < -0.3 is 0 Å². The van der Waals surface area contributed by atoms with Gasteiger partial charge in [0.2, 0.25) is 0 Å². The van der Waals surface area contributed by atoms with E-state index in [-0.39, 0.29) is 11.3 Å². The van der Waals surface area contributed by atoms with Gasteiger partial charge in [0.25, 0.3) is 0 Å². The summed E-state index contributed by atoms with van der Waals surface area (Å²) in [6.07, 6.45) is 3.51. The van der Waals surface area contributed by atoms with Gasteiger partial charge in [-0.3, -0.25) is 4.99 Å². The Balaban J connectivity index is 2.14. The average molecular weight is 515 g/mol. The van der Waals surface area contributed by atoms with Crippen LogP contribution in [0.1, 0.15) is 29.9 Å². The Morgan fingerprint density at radius 3 is 2.48 bits per heavy atom. The summed E-state index contributed by atoms with van der Waals surface area (Å²) < 4.78 is 32.3. The highest BCUT2D eigenvalue weighted by Gasteiger charge is 2.33. The predicted molar refractivity (Wildman–Crippen MR) is 107 cm³/mol. The van der Waals surface area contributed by atoms with Gasteiger partial charge in [0, 0.05) is 4.47 Å². The summed E-state index contributed by atoms with van der Waals surface area (Å²) in [5.41, 5.74) is 1.16. The minimum Gasteiger partial charge on any atom is -0.268 e. The van der Waals surface area contributed by atoms with Crippen LogP contribution in [0.5, 0.6) is 0 Å². The Kier molecular flexibility index (Phi) is 4.86. The molecule has 27 heavy (non-hydrogen) atoms. The Labute approximate surface area is 176 Å². The van der Waals surface area contributed by atoms with Crippen molar-refractivity contribution >= 4 is 49.2 Å². The van der Waals surface area contributed by atoms with Crippen LogP contribution in [0, 0.1) is 11.6 Å². The maximum Gasteiger partial charge on any atom is 0.327 e. The first-order valence-electron chi connectivity index (χ1n) is 7.96. The summed E-state index contributed by atoms with van der Waals surface area (Å²) in [5.74, 6) is -0.742. The van der Waals surface area contributed by atoms with Crippen LogP contribution in [-0.4, -0.2) is 10.7 Å². The molecule has 0 saturated carbocycles. The molecule has 8 heteroatoms. The maximum absolute atomic E-state index is 14.6. The molecule has 0 unspecified atom stereocenters. The first-order valence-corrected chi connectivity index (χ1v) is 9.93. The summed E-state index contributed by atoms with van der Waals surface area (Å²) in [6, 6.07) is 6.81. The second-order valence-corrected chi connectivity index (χ2v) is 8.12. The highest BCUT2D eigenvalue weighted by atomic mass is 79.9. The van der Waals surface area contributed by atoms with Crippen LogP contribution in [0.2, 0.25) is 5.02 Å². The third-order valence-corrected chi connectivity index (χ3v) is 6.06. The Hall–Kier alpha value is -1.70. The van der Waals surface area contributed by atoms with Crippen molar-refractivity contribution in [2.45, 2.75) is 13.0 Å². The lowest BCUT2D eigenvalue weighted by atomic mass is 9.99. The van der Waals surface area contributed by atoms with E-state index in [1.165, 1.54) is 18.2 Å². The summed E-state index contributed by atoms with van der Waals surface area (Å²) in [5, 5.41) is 0.415. The van der Waals surface area contributed by atoms with E-state index in [0.717, 1.165) is 4.47 Å². The number of aromatic nitrogens is 2. The Bertz CT molecular complexity index is 1100. The number of aliphatic imine (C=N–C) groups is 1. The van der Waals surface area contributed by atoms with Crippen molar-refractivity contribution in [1.29, 1.82) is 0 Å². The zero-order valence-corrected chi connectivity index (χ0v) is 17.8. The maximum atomic E-state index is 14.6. The molecule has 0 radical (unpaired) electrons. The number of halogens is 5. The smallest absolute Gasteiger partial charge is 0.268 e. The number of fused-ring (bicyclic) bond motifs is 3. The summed E-state index contributed by atoms with van der Waals surface area (Å²) >= 11 is 13.2. The molecular formula is C19H11Br2ClF2N3+. The van der Waals surface area contributed by atoms with E-state index in [1.54, 1.807) is 18.3 Å². The van der Waals surface area contributed by atoms with Gasteiger partial charge in [0.15, 0.2) is 12.2 Å². The van der Waals surface area contributed by atoms with Gasteiger partial charge in [-0.2, -0.15) is 4.57 Å². The van der Waals surface area contributed by atoms with Gasteiger partial charge in [-0.25, -0.2) is 8.78 Å². The summed E-state index contributed by atoms with van der Waals surface area (Å²) in [4.78, 5) is 9.09. The zero-order chi connectivity index (χ0) is 19.3. The fraction of sp³-hybridized carbons (Fsp3) is 0.105. The molecule has 0 saturated heterocycles. The number of rotatable bonds is 1. The van der Waals surface area contributed by atoms with E-state index in [0.29, 0.717) is 26.6 Å². The molecule has 0 fully saturated rings. The molecule has 3 aromatic rings. The molecule has 1 aromatic heterocycles. The number of benzene rings is 2. The second-order valence-electron chi connectivity index (χ2n) is 6.01. The quantitative estimate of drug-likeness (QED) is 0.382. The SMILES string of the molecule is C[C@@H]1N=C(c2c(F)cccc2F)c2c(ccc(Cl)c2Br)-[n+]2cc(Br)cnc21. The molecule has 1 aliphatic heterocycles. The lowest BCUT2D eigenvalue weighted by Gasteiger charge is -2.13. The molecule has 0 bridgehead atoms. The van der Waals surface area contributed by atoms with Gasteiger partial charge in [-0.05, 0) is 63.0 Å². The lowest BCUT2D eigenvalue weighted by molar-refractivity contribution is -0.610. The molecule has 0 amide bonds. The molecule has 2 heterocycles. The monoisotopic (exact) mass is 512 g/mol. The molecule has 4 rings (SSSR count). The molecule has 0 N–H and O–H groups in total. The topological polar surface area (TPSA) is 29.1 Å². The van der Waals surface area contributed by atoms with Crippen molar-refractivity contribution < 1.29 is 13.3 Å². The first kappa shape index (κ1) is 18.7. The fourth-order valence-corrected chi connectivity index (χ4v) is 4.10. The molecule has 0 spiro atoms. The molecule has 1 atom stereocenters. The third kappa shape index (κ3) is 3.11. The fourth-order valence-electron chi connectivity index (χ4n) is 3.11. The number of hydrogen-bond donors (Lipinski definition) is 0. The van der Waals surface area contributed by atoms with Crippen LogP contribution in [0.15, 0.2) is 56.7 Å². The standard InChI is InChI=1S/C19H11Br2ClF2N3/c1-9-19-25-7-10(20)8-27(19)14-6-5-11(22)17(21)16(14)18(26-9)15-12(23)3-2-4-13(15)24/h2-9H,1H3/q+1/t9-/m0/s1. The van der Waals surface area contributed by atoms with Crippen LogP contribution in [-0.2, 0) is 0 Å². The van der Waals surface area contributed by atoms with Gasteiger partial charge >= 0.3 is 5.82 Å². The minimum absolute atomic E-state index is 0.184. The van der Waals surface area contributed by atoms with Crippen LogP contribution in [0.4, 0.5) is 8.78 Å². The lowest BCUT2D eigenvalue weighted by Crippen LogP contribution is -2.38. The van der Waals surface area contributed by atoms with Gasteiger partial charge in [0.05, 0.1) is 21.9 Å². The van der Waals surface area contributed by atoms with E-state index in [2.05, 4.69) is 41.8 Å². The van der Waals surface area contributed by atoms with Gasteiger partial charge in [0.1, 0.15) is 28.0 Å². The van der Waals surface area contributed by atoms with Gasteiger partial charge in [-0.1, -0.05) is 22.7 Å². The van der Waals surface area contributed by atoms with Crippen molar-refractivity contribution in [3.05, 3.63) is 85.3 Å². The molecule has 1 aliphatic rings. The van der Waals surface area contributed by atoms with E-state index in [4.69, 9.17) is 11.6 Å². The van der Waals surface area contributed by atoms with Crippen molar-refractivity contribution in [3.8, 4) is 5.69 Å². The Morgan fingerprint density at radius 1 is 1.07 bits per heavy atom. The molecular weight excluding hydrogens is 503 g/mol. The van der Waals surface area contributed by atoms with E-state index in [9.17, 15) is 8.78 Å². The highest BCUT2D eigenvalue weighted by Crippen LogP contribution is 2.35. The van der Waals surface area contributed by atoms with E-state index < -0.39 is 17.7 Å². The first-order chi connectivity index (χ1) is 12.9. The second kappa shape index (κ2) is 7.04. The molecule has 136 valence electrons. The van der Waals surface area contributed by atoms with Crippen LogP contribution in [0.25, 0.3) is 5.69 Å². The molecule has 0 aliphatic carbocycles. The highest BCUT2D eigenvalue weighted by molar-refractivity contribution is 9.10. The average Bonchev–Trinajstić information content (AvgIpc) is 2.73. The molecule has 3 nitrogen and oxygen atoms in total. The number of hydrogen-bond acceptors (Lipinski definition) is 2. The minimum atomic E-state index is -0.691. The van der Waals surface area contributed by atoms with Crippen molar-refractivity contribution in [3.63, 3.8) is 0 Å². The van der Waals surface area contributed by atoms with Crippen molar-refractivity contribution in [1.82, 2.24) is 4.98 Å².